The maximum absolute atomic E-state index is 9.70. The molecule has 1 rings (SSSR count). The van der Waals surface area contributed by atoms with Gasteiger partial charge in [-0.05, 0) is 23.7 Å². The van der Waals surface area contributed by atoms with Crippen molar-refractivity contribution in [3.8, 4) is 0 Å². The summed E-state index contributed by atoms with van der Waals surface area (Å²) in [5.41, 5.74) is 7.49. The molecule has 0 spiro atoms. The molecule has 0 saturated carbocycles. The van der Waals surface area contributed by atoms with Crippen molar-refractivity contribution in [3.05, 3.63) is 10.4 Å². The molecule has 1 aliphatic rings. The van der Waals surface area contributed by atoms with Crippen molar-refractivity contribution in [2.24, 2.45) is 11.0 Å². The third-order valence-electron chi connectivity index (χ3n) is 4.72. The van der Waals surface area contributed by atoms with Crippen LogP contribution in [0.3, 0.4) is 0 Å². The molecule has 0 aliphatic carbocycles. The maximum Gasteiger partial charge on any atom is 0.194 e. The summed E-state index contributed by atoms with van der Waals surface area (Å²) in [6.45, 7) is 12.4. The molecule has 0 aromatic rings. The highest BCUT2D eigenvalue weighted by molar-refractivity contribution is 6.74. The molecule has 1 saturated heterocycles. The lowest BCUT2D eigenvalue weighted by molar-refractivity contribution is -0.0890. The van der Waals surface area contributed by atoms with Crippen molar-refractivity contribution in [1.82, 2.24) is 0 Å². The zero-order valence-corrected chi connectivity index (χ0v) is 14.5. The minimum atomic E-state index is -2.05. The Morgan fingerprint density at radius 3 is 2.45 bits per heavy atom. The maximum atomic E-state index is 9.70. The van der Waals surface area contributed by atoms with Gasteiger partial charge < -0.3 is 14.3 Å². The predicted octanol–water partition coefficient (Wildman–Crippen LogP) is 2.00. The molecule has 114 valence electrons. The van der Waals surface area contributed by atoms with Crippen LogP contribution in [-0.2, 0) is 9.16 Å². The van der Waals surface area contributed by atoms with Gasteiger partial charge in [0.05, 0.1) is 12.7 Å². The first-order valence-electron chi connectivity index (χ1n) is 7.03. The largest absolute Gasteiger partial charge is 0.410 e. The average molecular weight is 299 g/mol. The minimum absolute atomic E-state index is 0.0378. The van der Waals surface area contributed by atoms with E-state index in [0.29, 0.717) is 0 Å². The van der Waals surface area contributed by atoms with Crippen LogP contribution in [0.1, 0.15) is 27.7 Å². The van der Waals surface area contributed by atoms with Gasteiger partial charge in [0.25, 0.3) is 0 Å². The van der Waals surface area contributed by atoms with E-state index in [4.69, 9.17) is 14.7 Å². The van der Waals surface area contributed by atoms with Gasteiger partial charge in [-0.15, -0.1) is 0 Å². The monoisotopic (exact) mass is 299 g/mol. The van der Waals surface area contributed by atoms with E-state index in [1.807, 2.05) is 14.8 Å². The van der Waals surface area contributed by atoms with Gasteiger partial charge in [-0.3, -0.25) is 0 Å². The van der Waals surface area contributed by atoms with Crippen LogP contribution < -0.4 is 0 Å². The van der Waals surface area contributed by atoms with E-state index in [0.717, 1.165) is 0 Å². The summed E-state index contributed by atoms with van der Waals surface area (Å²) in [6.07, 6.45) is -0.417. The lowest BCUT2D eigenvalue weighted by atomic mass is 9.85. The molecule has 8 heteroatoms. The molecule has 0 amide bonds. The molecule has 1 fully saturated rings. The highest BCUT2D eigenvalue weighted by Crippen LogP contribution is 2.44. The Hall–Kier alpha value is -0.528. The number of aliphatic hydroxyl groups excluding tert-OH is 1. The van der Waals surface area contributed by atoms with Crippen molar-refractivity contribution in [2.45, 2.75) is 63.7 Å². The summed E-state index contributed by atoms with van der Waals surface area (Å²) in [5, 5.41) is 13.5. The molecule has 1 N–H and O–H groups in total. The van der Waals surface area contributed by atoms with Crippen LogP contribution in [0.25, 0.3) is 10.4 Å². The Labute approximate surface area is 123 Å². The van der Waals surface area contributed by atoms with Gasteiger partial charge in [-0.1, -0.05) is 32.8 Å². The van der Waals surface area contributed by atoms with Gasteiger partial charge in [-0.2, -0.15) is 0 Å². The Morgan fingerprint density at radius 1 is 1.50 bits per heavy atom. The van der Waals surface area contributed by atoms with Crippen LogP contribution in [0.5, 0.6) is 0 Å². The van der Waals surface area contributed by atoms with Gasteiger partial charge >= 0.3 is 0 Å². The van der Waals surface area contributed by atoms with Gasteiger partial charge in [0.2, 0.25) is 0 Å². The van der Waals surface area contributed by atoms with E-state index in [-0.39, 0.29) is 23.6 Å². The second kappa shape index (κ2) is 5.69. The van der Waals surface area contributed by atoms with Crippen LogP contribution in [0.15, 0.2) is 5.11 Å². The van der Waals surface area contributed by atoms with Crippen molar-refractivity contribution in [1.29, 1.82) is 0 Å². The molecule has 20 heavy (non-hydrogen) atoms. The highest BCUT2D eigenvalue weighted by atomic mass is 28.4. The van der Waals surface area contributed by atoms with Crippen LogP contribution in [-0.4, -0.2) is 45.7 Å². The summed E-state index contributed by atoms with van der Waals surface area (Å²) >= 11 is 0. The van der Waals surface area contributed by atoms with Crippen molar-refractivity contribution < 1.29 is 14.3 Å². The zero-order valence-electron chi connectivity index (χ0n) is 13.5. The molecule has 6 nitrogen and oxygen atoms in total. The average Bonchev–Trinajstić information content (AvgIpc) is 2.53. The summed E-state index contributed by atoms with van der Waals surface area (Å²) in [5.74, 6) is 0.0572. The summed E-state index contributed by atoms with van der Waals surface area (Å²) in [7, 11) is -0.136. The zero-order chi connectivity index (χ0) is 15.8. The molecule has 0 bridgehead atoms. The fraction of sp³-hybridized carbons (Fsp3) is 1.00. The normalized spacial score (nSPS) is 34.9. The molecule has 1 heterocycles. The number of azide groups is 1. The SMILES string of the molecule is BC1OC(CO)(N=[N+]=[N-])C(O[Si](C)(C)C(C)(C)C)C1C. The second-order valence-corrected chi connectivity index (χ2v) is 11.9. The molecule has 0 aromatic carbocycles. The van der Waals surface area contributed by atoms with E-state index in [1.54, 1.807) is 0 Å². The second-order valence-electron chi connectivity index (χ2n) is 7.17. The van der Waals surface area contributed by atoms with E-state index in [9.17, 15) is 5.11 Å². The Kier molecular flexibility index (Phi) is 4.99. The Morgan fingerprint density at radius 2 is 2.05 bits per heavy atom. The van der Waals surface area contributed by atoms with E-state index in [2.05, 4.69) is 43.9 Å². The Balaban J connectivity index is 3.14. The first-order chi connectivity index (χ1) is 9.00. The smallest absolute Gasteiger partial charge is 0.194 e. The van der Waals surface area contributed by atoms with E-state index < -0.39 is 20.1 Å². The van der Waals surface area contributed by atoms with Crippen LogP contribution in [0, 0.1) is 5.92 Å². The van der Waals surface area contributed by atoms with Crippen LogP contribution in [0.2, 0.25) is 18.1 Å². The molecule has 4 unspecified atom stereocenters. The lowest BCUT2D eigenvalue weighted by Gasteiger charge is -2.42. The number of rotatable bonds is 4. The Bertz CT molecular complexity index is 409. The summed E-state index contributed by atoms with van der Waals surface area (Å²) < 4.78 is 12.1. The van der Waals surface area contributed by atoms with Gasteiger partial charge in [0.1, 0.15) is 7.85 Å². The molecular formula is C12H26BN3O3Si. The number of aliphatic hydroxyl groups is 1. The third-order valence-corrected chi connectivity index (χ3v) is 9.18. The molecular weight excluding hydrogens is 273 g/mol. The third kappa shape index (κ3) is 3.04. The molecule has 0 radical (unpaired) electrons. The standard InChI is InChI=1S/C12H26BN3O3Si/c1-8-9(19-20(5,6)11(2,3)4)12(7-17,15-16-14)18-10(8)13/h8-10,17H,7,13H2,1-6H3. The number of hydrogen-bond donors (Lipinski definition) is 1. The molecule has 4 atom stereocenters. The van der Waals surface area contributed by atoms with Crippen molar-refractivity contribution in [3.63, 3.8) is 0 Å². The minimum Gasteiger partial charge on any atom is -0.410 e. The van der Waals surface area contributed by atoms with E-state index in [1.165, 1.54) is 0 Å². The first-order valence-corrected chi connectivity index (χ1v) is 9.94. The number of ether oxygens (including phenoxy) is 1. The quantitative estimate of drug-likeness (QED) is 0.373. The van der Waals surface area contributed by atoms with Gasteiger partial charge in [0, 0.05) is 16.8 Å². The highest BCUT2D eigenvalue weighted by Gasteiger charge is 2.55. The lowest BCUT2D eigenvalue weighted by Crippen LogP contribution is -2.52. The van der Waals surface area contributed by atoms with Crippen LogP contribution >= 0.6 is 0 Å². The summed E-state index contributed by atoms with van der Waals surface area (Å²) in [4.78, 5) is 2.85. The molecule has 0 aromatic heterocycles. The number of nitrogens with zero attached hydrogens (tertiary/aromatic N) is 3. The number of hydrogen-bond acceptors (Lipinski definition) is 4. The first kappa shape index (κ1) is 17.5. The van der Waals surface area contributed by atoms with Gasteiger partial charge in [0.15, 0.2) is 14.0 Å². The van der Waals surface area contributed by atoms with Gasteiger partial charge in [-0.25, -0.2) is 0 Å². The molecule has 1 aliphatic heterocycles. The van der Waals surface area contributed by atoms with Crippen LogP contribution in [0.4, 0.5) is 0 Å². The summed E-state index contributed by atoms with van der Waals surface area (Å²) in [6, 6.07) is -0.123. The fourth-order valence-corrected chi connectivity index (χ4v) is 3.55. The van der Waals surface area contributed by atoms with E-state index >= 15 is 0 Å². The fourth-order valence-electron chi connectivity index (χ4n) is 2.16. The predicted molar refractivity (Wildman–Crippen MR) is 83.6 cm³/mol. The van der Waals surface area contributed by atoms with Crippen molar-refractivity contribution in [2.75, 3.05) is 6.61 Å². The topological polar surface area (TPSA) is 87.5 Å². The van der Waals surface area contributed by atoms with Crippen molar-refractivity contribution >= 4 is 16.2 Å².